The number of halogens is 4. The highest BCUT2D eigenvalue weighted by molar-refractivity contribution is 7.89. The van der Waals surface area contributed by atoms with Crippen molar-refractivity contribution in [3.05, 3.63) is 58.1 Å². The van der Waals surface area contributed by atoms with Crippen LogP contribution in [0.2, 0.25) is 10.0 Å². The average Bonchev–Trinajstić information content (AvgIpc) is 2.71. The minimum absolute atomic E-state index is 0.0393. The molecule has 1 N–H and O–H groups in total. The molecule has 0 bridgehead atoms. The summed E-state index contributed by atoms with van der Waals surface area (Å²) in [5.74, 6) is -2.15. The number of piperazine rings is 1. The van der Waals surface area contributed by atoms with E-state index in [1.54, 1.807) is 24.0 Å². The van der Waals surface area contributed by atoms with Crippen molar-refractivity contribution in [1.82, 2.24) is 9.21 Å². The molecular weight excluding hydrogens is 459 g/mol. The van der Waals surface area contributed by atoms with Gasteiger partial charge in [0.05, 0.1) is 16.8 Å². The lowest BCUT2D eigenvalue weighted by atomic mass is 10.2. The molecule has 2 aromatic rings. The molecular formula is C19H19Cl2F2N3O3S. The van der Waals surface area contributed by atoms with E-state index < -0.39 is 32.6 Å². The predicted molar refractivity (Wildman–Crippen MR) is 111 cm³/mol. The van der Waals surface area contributed by atoms with Gasteiger partial charge in [-0.2, -0.15) is 4.31 Å². The van der Waals surface area contributed by atoms with Crippen molar-refractivity contribution >= 4 is 44.8 Å². The molecule has 0 aromatic heterocycles. The van der Waals surface area contributed by atoms with Crippen molar-refractivity contribution in [1.29, 1.82) is 0 Å². The molecule has 1 fully saturated rings. The highest BCUT2D eigenvalue weighted by atomic mass is 35.5. The van der Waals surface area contributed by atoms with Crippen LogP contribution in [0.5, 0.6) is 0 Å². The third-order valence-electron chi connectivity index (χ3n) is 4.90. The Kier molecular flexibility index (Phi) is 6.98. The lowest BCUT2D eigenvalue weighted by molar-refractivity contribution is -0.121. The van der Waals surface area contributed by atoms with Crippen molar-refractivity contribution in [2.75, 3.05) is 31.5 Å². The number of rotatable bonds is 5. The second-order valence-electron chi connectivity index (χ2n) is 6.80. The van der Waals surface area contributed by atoms with Crippen LogP contribution < -0.4 is 5.32 Å². The number of hydrogen-bond donors (Lipinski definition) is 1. The Morgan fingerprint density at radius 2 is 1.73 bits per heavy atom. The monoisotopic (exact) mass is 477 g/mol. The summed E-state index contributed by atoms with van der Waals surface area (Å²) in [6.07, 6.45) is 0. The van der Waals surface area contributed by atoms with Crippen molar-refractivity contribution < 1.29 is 22.0 Å². The van der Waals surface area contributed by atoms with Crippen molar-refractivity contribution in [2.24, 2.45) is 0 Å². The number of nitrogens with one attached hydrogen (secondary N) is 1. The second kappa shape index (κ2) is 9.15. The predicted octanol–water partition coefficient (Wildman–Crippen LogP) is 3.61. The molecule has 162 valence electrons. The van der Waals surface area contributed by atoms with Crippen LogP contribution in [0.3, 0.4) is 0 Å². The van der Waals surface area contributed by atoms with Gasteiger partial charge in [-0.05, 0) is 43.3 Å². The summed E-state index contributed by atoms with van der Waals surface area (Å²) in [6.45, 7) is 2.27. The van der Waals surface area contributed by atoms with Crippen molar-refractivity contribution in [3.63, 3.8) is 0 Å². The number of nitrogens with zero attached hydrogens (tertiary/aromatic N) is 2. The molecule has 1 atom stereocenters. The molecule has 0 radical (unpaired) electrons. The summed E-state index contributed by atoms with van der Waals surface area (Å²) in [5.41, 5.74) is 0.417. The number of anilines is 1. The maximum atomic E-state index is 13.9. The summed E-state index contributed by atoms with van der Waals surface area (Å²) in [6, 6.07) is 6.46. The van der Waals surface area contributed by atoms with Gasteiger partial charge in [-0.15, -0.1) is 0 Å². The van der Waals surface area contributed by atoms with Crippen LogP contribution in [-0.2, 0) is 14.8 Å². The summed E-state index contributed by atoms with van der Waals surface area (Å²) in [5, 5.41) is 3.47. The zero-order valence-electron chi connectivity index (χ0n) is 15.9. The van der Waals surface area contributed by atoms with Gasteiger partial charge in [0.2, 0.25) is 15.9 Å². The number of benzene rings is 2. The van der Waals surface area contributed by atoms with Crippen LogP contribution in [0.1, 0.15) is 6.92 Å². The Morgan fingerprint density at radius 3 is 2.37 bits per heavy atom. The Morgan fingerprint density at radius 1 is 1.07 bits per heavy atom. The first-order valence-electron chi connectivity index (χ1n) is 9.05. The van der Waals surface area contributed by atoms with Gasteiger partial charge >= 0.3 is 0 Å². The zero-order chi connectivity index (χ0) is 22.1. The average molecular weight is 478 g/mol. The molecule has 30 heavy (non-hydrogen) atoms. The summed E-state index contributed by atoms with van der Waals surface area (Å²) < 4.78 is 53.8. The quantitative estimate of drug-likeness (QED) is 0.713. The van der Waals surface area contributed by atoms with Crippen LogP contribution in [0.25, 0.3) is 0 Å². The van der Waals surface area contributed by atoms with Crippen LogP contribution >= 0.6 is 23.2 Å². The zero-order valence-corrected chi connectivity index (χ0v) is 18.2. The first-order valence-corrected chi connectivity index (χ1v) is 11.2. The maximum Gasteiger partial charge on any atom is 0.246 e. The third kappa shape index (κ3) is 4.92. The van der Waals surface area contributed by atoms with E-state index in [0.29, 0.717) is 21.8 Å². The van der Waals surface area contributed by atoms with E-state index in [1.807, 2.05) is 0 Å². The summed E-state index contributed by atoms with van der Waals surface area (Å²) in [4.78, 5) is 13.7. The fourth-order valence-corrected chi connectivity index (χ4v) is 5.09. The number of carbonyl (C=O) groups is 1. The van der Waals surface area contributed by atoms with Crippen LogP contribution in [0.4, 0.5) is 14.5 Å². The smallest absolute Gasteiger partial charge is 0.246 e. The van der Waals surface area contributed by atoms with E-state index in [-0.39, 0.29) is 32.1 Å². The van der Waals surface area contributed by atoms with Crippen LogP contribution in [0, 0.1) is 11.6 Å². The van der Waals surface area contributed by atoms with Gasteiger partial charge < -0.3 is 5.32 Å². The fourth-order valence-electron chi connectivity index (χ4n) is 3.14. The topological polar surface area (TPSA) is 69.7 Å². The molecule has 0 aliphatic carbocycles. The molecule has 1 heterocycles. The van der Waals surface area contributed by atoms with E-state index in [1.165, 1.54) is 6.07 Å². The van der Waals surface area contributed by atoms with E-state index in [0.717, 1.165) is 16.4 Å². The Bertz CT molecular complexity index is 1060. The molecule has 11 heteroatoms. The highest BCUT2D eigenvalue weighted by Gasteiger charge is 2.33. The number of sulfonamides is 1. The summed E-state index contributed by atoms with van der Waals surface area (Å²) in [7, 11) is -4.18. The molecule has 1 aliphatic heterocycles. The third-order valence-corrected chi connectivity index (χ3v) is 7.36. The molecule has 3 rings (SSSR count). The molecule has 1 amide bonds. The van der Waals surface area contributed by atoms with E-state index in [9.17, 15) is 22.0 Å². The number of carbonyl (C=O) groups excluding carboxylic acids is 1. The van der Waals surface area contributed by atoms with Crippen molar-refractivity contribution in [3.8, 4) is 0 Å². The lowest BCUT2D eigenvalue weighted by Crippen LogP contribution is -2.54. The molecule has 6 nitrogen and oxygen atoms in total. The number of hydrogen-bond acceptors (Lipinski definition) is 4. The van der Waals surface area contributed by atoms with Crippen LogP contribution in [0.15, 0.2) is 41.3 Å². The van der Waals surface area contributed by atoms with Gasteiger partial charge in [0.15, 0.2) is 0 Å². The summed E-state index contributed by atoms with van der Waals surface area (Å²) >= 11 is 11.9. The first-order chi connectivity index (χ1) is 14.1. The SMILES string of the molecule is CC(C(=O)Nc1ccc(Cl)cc1Cl)N1CCN(S(=O)(=O)c2cc(F)ccc2F)CC1. The Balaban J connectivity index is 1.64. The molecule has 1 unspecified atom stereocenters. The van der Waals surface area contributed by atoms with E-state index in [4.69, 9.17) is 23.2 Å². The van der Waals surface area contributed by atoms with Gasteiger partial charge in [-0.3, -0.25) is 9.69 Å². The van der Waals surface area contributed by atoms with Gasteiger partial charge in [0, 0.05) is 31.2 Å². The van der Waals surface area contributed by atoms with Gasteiger partial charge in [0.25, 0.3) is 0 Å². The van der Waals surface area contributed by atoms with E-state index >= 15 is 0 Å². The normalized spacial score (nSPS) is 17.0. The highest BCUT2D eigenvalue weighted by Crippen LogP contribution is 2.26. The molecule has 2 aromatic carbocycles. The second-order valence-corrected chi connectivity index (χ2v) is 9.55. The van der Waals surface area contributed by atoms with Gasteiger partial charge in [-0.25, -0.2) is 17.2 Å². The minimum atomic E-state index is -4.18. The molecule has 0 saturated carbocycles. The first kappa shape index (κ1) is 22.9. The standard InChI is InChI=1S/C19H19Cl2F2N3O3S/c1-12(19(27)24-17-5-2-13(20)10-15(17)21)25-6-8-26(9-7-25)30(28,29)18-11-14(22)3-4-16(18)23/h2-5,10-12H,6-9H2,1H3,(H,24,27). The van der Waals surface area contributed by atoms with E-state index in [2.05, 4.69) is 5.32 Å². The lowest BCUT2D eigenvalue weighted by Gasteiger charge is -2.36. The Labute approximate surface area is 183 Å². The van der Waals surface area contributed by atoms with Gasteiger partial charge in [0.1, 0.15) is 16.5 Å². The minimum Gasteiger partial charge on any atom is -0.323 e. The largest absolute Gasteiger partial charge is 0.323 e. The number of amides is 1. The molecule has 1 saturated heterocycles. The van der Waals surface area contributed by atoms with Crippen molar-refractivity contribution in [2.45, 2.75) is 17.9 Å². The maximum absolute atomic E-state index is 13.9. The molecule has 0 spiro atoms. The molecule has 1 aliphatic rings. The fraction of sp³-hybridized carbons (Fsp3) is 0.316. The van der Waals surface area contributed by atoms with Crippen LogP contribution in [-0.4, -0.2) is 55.8 Å². The Hall–Kier alpha value is -1.78. The van der Waals surface area contributed by atoms with Gasteiger partial charge in [-0.1, -0.05) is 23.2 Å².